The molecule has 0 spiro atoms. The van der Waals surface area contributed by atoms with Crippen molar-refractivity contribution in [2.24, 2.45) is 0 Å². The van der Waals surface area contributed by atoms with E-state index in [1.165, 1.54) is 17.0 Å². The number of phenolic OH excluding ortho intramolecular Hbond substituents is 1. The Morgan fingerprint density at radius 3 is 2.41 bits per heavy atom. The summed E-state index contributed by atoms with van der Waals surface area (Å²) in [5, 5.41) is 28.1. The van der Waals surface area contributed by atoms with E-state index in [9.17, 15) is 20.1 Å². The molecule has 5 nitrogen and oxygen atoms in total. The number of carbonyl (C=O) groups excluding carboxylic acids is 1. The van der Waals surface area contributed by atoms with Crippen LogP contribution in [0.15, 0.2) is 18.2 Å². The smallest absolute Gasteiger partial charge is 0.254 e. The summed E-state index contributed by atoms with van der Waals surface area (Å²) in [6.45, 7) is 2.01. The first kappa shape index (κ1) is 11.9. The number of amides is 1. The summed E-state index contributed by atoms with van der Waals surface area (Å²) in [6.07, 6.45) is -1.76. The third-order valence-corrected chi connectivity index (χ3v) is 2.99. The van der Waals surface area contributed by atoms with Crippen molar-refractivity contribution in [3.05, 3.63) is 29.3 Å². The van der Waals surface area contributed by atoms with Crippen molar-refractivity contribution < 1.29 is 20.1 Å². The van der Waals surface area contributed by atoms with Gasteiger partial charge in [-0.2, -0.15) is 0 Å². The van der Waals surface area contributed by atoms with Crippen molar-refractivity contribution >= 4 is 5.91 Å². The summed E-state index contributed by atoms with van der Waals surface area (Å²) in [6, 6.07) is 4.50. The molecule has 1 saturated heterocycles. The van der Waals surface area contributed by atoms with Gasteiger partial charge in [-0.05, 0) is 30.7 Å². The van der Waals surface area contributed by atoms with Crippen LogP contribution in [-0.2, 0) is 0 Å². The zero-order valence-corrected chi connectivity index (χ0v) is 9.50. The molecule has 0 aliphatic carbocycles. The molecule has 92 valence electrons. The number of hydrogen-bond donors (Lipinski definition) is 3. The number of aliphatic hydroxyl groups excluding tert-OH is 2. The summed E-state index contributed by atoms with van der Waals surface area (Å²) in [7, 11) is 0. The predicted molar refractivity (Wildman–Crippen MR) is 60.8 cm³/mol. The van der Waals surface area contributed by atoms with Crippen molar-refractivity contribution in [2.75, 3.05) is 13.1 Å². The molecule has 2 unspecified atom stereocenters. The van der Waals surface area contributed by atoms with Gasteiger partial charge in [-0.25, -0.2) is 0 Å². The minimum atomic E-state index is -0.878. The first-order valence-electron chi connectivity index (χ1n) is 5.44. The van der Waals surface area contributed by atoms with E-state index in [-0.39, 0.29) is 24.7 Å². The van der Waals surface area contributed by atoms with Crippen LogP contribution in [0.1, 0.15) is 15.9 Å². The molecule has 1 aromatic rings. The largest absolute Gasteiger partial charge is 0.508 e. The van der Waals surface area contributed by atoms with Gasteiger partial charge in [0.1, 0.15) is 5.75 Å². The van der Waals surface area contributed by atoms with Crippen molar-refractivity contribution in [1.82, 2.24) is 4.90 Å². The van der Waals surface area contributed by atoms with Crippen LogP contribution in [0.4, 0.5) is 0 Å². The summed E-state index contributed by atoms with van der Waals surface area (Å²) in [5.74, 6) is -0.126. The first-order valence-corrected chi connectivity index (χ1v) is 5.44. The summed E-state index contributed by atoms with van der Waals surface area (Å²) in [4.78, 5) is 13.5. The van der Waals surface area contributed by atoms with E-state index >= 15 is 0 Å². The summed E-state index contributed by atoms with van der Waals surface area (Å²) < 4.78 is 0. The lowest BCUT2D eigenvalue weighted by Gasteiger charge is -2.16. The van der Waals surface area contributed by atoms with E-state index in [0.29, 0.717) is 11.1 Å². The van der Waals surface area contributed by atoms with Crippen molar-refractivity contribution in [3.63, 3.8) is 0 Å². The quantitative estimate of drug-likeness (QED) is 0.636. The Labute approximate surface area is 98.9 Å². The number of aliphatic hydroxyl groups is 2. The van der Waals surface area contributed by atoms with Crippen LogP contribution in [0.5, 0.6) is 5.75 Å². The van der Waals surface area contributed by atoms with E-state index in [0.717, 1.165) is 0 Å². The van der Waals surface area contributed by atoms with Crippen molar-refractivity contribution in [3.8, 4) is 5.75 Å². The fraction of sp³-hybridized carbons (Fsp3) is 0.417. The van der Waals surface area contributed by atoms with E-state index < -0.39 is 12.2 Å². The monoisotopic (exact) mass is 237 g/mol. The maximum Gasteiger partial charge on any atom is 0.254 e. The van der Waals surface area contributed by atoms with E-state index in [4.69, 9.17) is 0 Å². The molecule has 1 aromatic carbocycles. The molecule has 3 N–H and O–H groups in total. The van der Waals surface area contributed by atoms with Crippen LogP contribution in [0.2, 0.25) is 0 Å². The number of β-amino-alcohol motifs (C(OH)–C–C–N with tert-alkyl or cyclic N) is 2. The normalized spacial score (nSPS) is 24.1. The third-order valence-electron chi connectivity index (χ3n) is 2.99. The lowest BCUT2D eigenvalue weighted by atomic mass is 10.1. The zero-order chi connectivity index (χ0) is 12.6. The minimum absolute atomic E-state index is 0.112. The number of aryl methyl sites for hydroxylation is 1. The van der Waals surface area contributed by atoms with Gasteiger partial charge in [0.2, 0.25) is 0 Å². The van der Waals surface area contributed by atoms with Crippen LogP contribution < -0.4 is 0 Å². The van der Waals surface area contributed by atoms with Gasteiger partial charge in [0.05, 0.1) is 12.2 Å². The van der Waals surface area contributed by atoms with Crippen LogP contribution in [0.25, 0.3) is 0 Å². The number of carbonyl (C=O) groups is 1. The lowest BCUT2D eigenvalue weighted by Crippen LogP contribution is -2.30. The molecular formula is C12H15NO4. The zero-order valence-electron chi connectivity index (χ0n) is 9.50. The molecule has 1 fully saturated rings. The van der Waals surface area contributed by atoms with Crippen LogP contribution in [-0.4, -0.2) is 51.4 Å². The number of likely N-dealkylation sites (tertiary alicyclic amines) is 1. The number of hydrogen-bond acceptors (Lipinski definition) is 4. The van der Waals surface area contributed by atoms with Crippen LogP contribution >= 0.6 is 0 Å². The van der Waals surface area contributed by atoms with E-state index in [1.54, 1.807) is 13.0 Å². The van der Waals surface area contributed by atoms with Gasteiger partial charge < -0.3 is 20.2 Å². The molecule has 17 heavy (non-hydrogen) atoms. The van der Waals surface area contributed by atoms with Crippen LogP contribution in [0.3, 0.4) is 0 Å². The second kappa shape index (κ2) is 4.35. The topological polar surface area (TPSA) is 81.0 Å². The third kappa shape index (κ3) is 2.25. The highest BCUT2D eigenvalue weighted by atomic mass is 16.3. The number of nitrogens with zero attached hydrogens (tertiary/aromatic N) is 1. The Morgan fingerprint density at radius 2 is 1.88 bits per heavy atom. The Hall–Kier alpha value is -1.59. The Bertz CT molecular complexity index is 436. The minimum Gasteiger partial charge on any atom is -0.508 e. The fourth-order valence-electron chi connectivity index (χ4n) is 1.99. The number of phenols is 1. The molecule has 1 aliphatic rings. The summed E-state index contributed by atoms with van der Waals surface area (Å²) >= 11 is 0. The van der Waals surface area contributed by atoms with Gasteiger partial charge in [-0.3, -0.25) is 4.79 Å². The average molecular weight is 237 g/mol. The van der Waals surface area contributed by atoms with E-state index in [2.05, 4.69) is 0 Å². The molecular weight excluding hydrogens is 222 g/mol. The maximum atomic E-state index is 12.1. The highest BCUT2D eigenvalue weighted by molar-refractivity contribution is 5.96. The SMILES string of the molecule is Cc1cc(O)ccc1C(=O)N1CC(O)C(O)C1. The van der Waals surface area contributed by atoms with Crippen LogP contribution in [0, 0.1) is 6.92 Å². The average Bonchev–Trinajstić information content (AvgIpc) is 2.58. The number of benzene rings is 1. The molecule has 0 aromatic heterocycles. The molecule has 0 bridgehead atoms. The second-order valence-electron chi connectivity index (χ2n) is 4.34. The molecule has 1 heterocycles. The maximum absolute atomic E-state index is 12.1. The Balaban J connectivity index is 2.20. The highest BCUT2D eigenvalue weighted by Gasteiger charge is 2.33. The first-order chi connectivity index (χ1) is 7.99. The van der Waals surface area contributed by atoms with Gasteiger partial charge in [-0.1, -0.05) is 0 Å². The molecule has 5 heteroatoms. The predicted octanol–water partition coefficient (Wildman–Crippen LogP) is -0.122. The Kier molecular flexibility index (Phi) is 3.04. The van der Waals surface area contributed by atoms with Gasteiger partial charge in [-0.15, -0.1) is 0 Å². The molecule has 2 atom stereocenters. The Morgan fingerprint density at radius 1 is 1.29 bits per heavy atom. The number of aromatic hydroxyl groups is 1. The summed E-state index contributed by atoms with van der Waals surface area (Å²) in [5.41, 5.74) is 1.15. The fourth-order valence-corrected chi connectivity index (χ4v) is 1.99. The van der Waals surface area contributed by atoms with E-state index in [1.807, 2.05) is 0 Å². The molecule has 0 saturated carbocycles. The van der Waals surface area contributed by atoms with Crippen molar-refractivity contribution in [1.29, 1.82) is 0 Å². The van der Waals surface area contributed by atoms with Gasteiger partial charge >= 0.3 is 0 Å². The lowest BCUT2D eigenvalue weighted by molar-refractivity contribution is 0.0572. The second-order valence-corrected chi connectivity index (χ2v) is 4.34. The van der Waals surface area contributed by atoms with Gasteiger partial charge in [0.25, 0.3) is 5.91 Å². The molecule has 1 amide bonds. The highest BCUT2D eigenvalue weighted by Crippen LogP contribution is 2.20. The standard InChI is InChI=1S/C12H15NO4/c1-7-4-8(14)2-3-9(7)12(17)13-5-10(15)11(16)6-13/h2-4,10-11,14-16H,5-6H2,1H3. The van der Waals surface area contributed by atoms with Crippen molar-refractivity contribution in [2.45, 2.75) is 19.1 Å². The molecule has 2 rings (SSSR count). The number of rotatable bonds is 1. The van der Waals surface area contributed by atoms with Gasteiger partial charge in [0.15, 0.2) is 0 Å². The molecule has 1 aliphatic heterocycles. The molecule has 0 radical (unpaired) electrons. The van der Waals surface area contributed by atoms with Gasteiger partial charge in [0, 0.05) is 18.7 Å².